The number of ether oxygens (including phenoxy) is 1. The van der Waals surface area contributed by atoms with E-state index in [-0.39, 0.29) is 12.3 Å². The fraction of sp³-hybridized carbons (Fsp3) is 0.300. The Morgan fingerprint density at radius 1 is 1.57 bits per heavy atom. The summed E-state index contributed by atoms with van der Waals surface area (Å²) in [6.07, 6.45) is 0. The SMILES string of the molecule is CNCC(=O)c1cccc(Cl)c1OC. The van der Waals surface area contributed by atoms with E-state index < -0.39 is 0 Å². The van der Waals surface area contributed by atoms with E-state index in [1.807, 2.05) is 0 Å². The van der Waals surface area contributed by atoms with Crippen LogP contribution in [0.5, 0.6) is 5.75 Å². The minimum Gasteiger partial charge on any atom is -0.494 e. The van der Waals surface area contributed by atoms with E-state index in [1.54, 1.807) is 25.2 Å². The summed E-state index contributed by atoms with van der Waals surface area (Å²) in [5.74, 6) is 0.404. The van der Waals surface area contributed by atoms with Gasteiger partial charge in [0.05, 0.1) is 24.2 Å². The lowest BCUT2D eigenvalue weighted by Gasteiger charge is -2.08. The molecule has 4 heteroatoms. The molecule has 0 radical (unpaired) electrons. The first-order valence-electron chi connectivity index (χ1n) is 4.21. The zero-order chi connectivity index (χ0) is 10.6. The number of Topliss-reactive ketones (excluding diaryl/α,β-unsaturated/α-hetero) is 1. The first kappa shape index (κ1) is 11.0. The summed E-state index contributed by atoms with van der Waals surface area (Å²) < 4.78 is 5.06. The van der Waals surface area contributed by atoms with E-state index in [2.05, 4.69) is 5.32 Å². The van der Waals surface area contributed by atoms with Crippen molar-refractivity contribution in [2.24, 2.45) is 0 Å². The average molecular weight is 214 g/mol. The first-order valence-corrected chi connectivity index (χ1v) is 4.58. The van der Waals surface area contributed by atoms with Crippen molar-refractivity contribution in [1.82, 2.24) is 5.32 Å². The van der Waals surface area contributed by atoms with Gasteiger partial charge in [0.1, 0.15) is 5.75 Å². The lowest BCUT2D eigenvalue weighted by atomic mass is 10.1. The molecule has 0 spiro atoms. The molecule has 1 N–H and O–H groups in total. The fourth-order valence-electron chi connectivity index (χ4n) is 1.19. The highest BCUT2D eigenvalue weighted by Crippen LogP contribution is 2.28. The number of benzene rings is 1. The lowest BCUT2D eigenvalue weighted by Crippen LogP contribution is -2.19. The molecule has 1 aromatic carbocycles. The molecule has 0 aromatic heterocycles. The first-order chi connectivity index (χ1) is 6.70. The normalized spacial score (nSPS) is 9.93. The molecule has 0 heterocycles. The van der Waals surface area contributed by atoms with Gasteiger partial charge >= 0.3 is 0 Å². The molecule has 3 nitrogen and oxygen atoms in total. The van der Waals surface area contributed by atoms with Crippen molar-refractivity contribution < 1.29 is 9.53 Å². The number of nitrogens with one attached hydrogen (secondary N) is 1. The van der Waals surface area contributed by atoms with Crippen molar-refractivity contribution in [2.75, 3.05) is 20.7 Å². The van der Waals surface area contributed by atoms with E-state index in [4.69, 9.17) is 16.3 Å². The molecule has 0 unspecified atom stereocenters. The van der Waals surface area contributed by atoms with Crippen LogP contribution in [0.4, 0.5) is 0 Å². The van der Waals surface area contributed by atoms with Crippen LogP contribution in [0.3, 0.4) is 0 Å². The zero-order valence-corrected chi connectivity index (χ0v) is 8.89. The molecule has 0 saturated carbocycles. The summed E-state index contributed by atoms with van der Waals surface area (Å²) in [6, 6.07) is 5.12. The third kappa shape index (κ3) is 2.25. The quantitative estimate of drug-likeness (QED) is 0.775. The maximum Gasteiger partial charge on any atom is 0.180 e. The van der Waals surface area contributed by atoms with Crippen LogP contribution in [0.25, 0.3) is 0 Å². The predicted molar refractivity (Wildman–Crippen MR) is 56.3 cm³/mol. The molecule has 0 amide bonds. The Kier molecular flexibility index (Phi) is 3.92. The van der Waals surface area contributed by atoms with Crippen molar-refractivity contribution in [3.8, 4) is 5.75 Å². The topological polar surface area (TPSA) is 38.3 Å². The number of carbonyl (C=O) groups is 1. The highest BCUT2D eigenvalue weighted by molar-refractivity contribution is 6.32. The molecule has 1 aromatic rings. The molecule has 0 aliphatic rings. The highest BCUT2D eigenvalue weighted by Gasteiger charge is 2.13. The Hall–Kier alpha value is -1.06. The summed E-state index contributed by atoms with van der Waals surface area (Å²) in [7, 11) is 3.21. The maximum absolute atomic E-state index is 11.6. The molecule has 0 saturated heterocycles. The fourth-order valence-corrected chi connectivity index (χ4v) is 1.44. The molecule has 76 valence electrons. The van der Waals surface area contributed by atoms with Gasteiger partial charge in [-0.1, -0.05) is 17.7 Å². The third-order valence-electron chi connectivity index (χ3n) is 1.81. The van der Waals surface area contributed by atoms with Gasteiger partial charge in [0, 0.05) is 0 Å². The Balaban J connectivity index is 3.07. The molecule has 14 heavy (non-hydrogen) atoms. The van der Waals surface area contributed by atoms with Gasteiger partial charge in [0.15, 0.2) is 5.78 Å². The van der Waals surface area contributed by atoms with E-state index in [1.165, 1.54) is 7.11 Å². The van der Waals surface area contributed by atoms with Gasteiger partial charge < -0.3 is 10.1 Å². The van der Waals surface area contributed by atoms with Crippen LogP contribution in [-0.2, 0) is 0 Å². The summed E-state index contributed by atoms with van der Waals surface area (Å²) in [5.41, 5.74) is 0.509. The second-order valence-corrected chi connectivity index (χ2v) is 3.18. The van der Waals surface area contributed by atoms with Gasteiger partial charge in [-0.05, 0) is 19.2 Å². The number of halogens is 1. The maximum atomic E-state index is 11.6. The van der Waals surface area contributed by atoms with Crippen LogP contribution in [0.15, 0.2) is 18.2 Å². The largest absolute Gasteiger partial charge is 0.494 e. The summed E-state index contributed by atoms with van der Waals surface area (Å²) in [6.45, 7) is 0.275. The van der Waals surface area contributed by atoms with Gasteiger partial charge in [0.2, 0.25) is 0 Å². The minimum atomic E-state index is -0.0353. The number of hydrogen-bond donors (Lipinski definition) is 1. The molecular weight excluding hydrogens is 202 g/mol. The van der Waals surface area contributed by atoms with Gasteiger partial charge in [-0.2, -0.15) is 0 Å². The number of methoxy groups -OCH3 is 1. The van der Waals surface area contributed by atoms with E-state index >= 15 is 0 Å². The van der Waals surface area contributed by atoms with E-state index in [0.29, 0.717) is 16.3 Å². The summed E-state index contributed by atoms with van der Waals surface area (Å²) in [4.78, 5) is 11.6. The second-order valence-electron chi connectivity index (χ2n) is 2.77. The number of ketones is 1. The molecule has 0 atom stereocenters. The van der Waals surface area contributed by atoms with Crippen LogP contribution in [0.2, 0.25) is 5.02 Å². The van der Waals surface area contributed by atoms with Gasteiger partial charge in [-0.3, -0.25) is 4.79 Å². The predicted octanol–water partition coefficient (Wildman–Crippen LogP) is 1.75. The molecule has 1 rings (SSSR count). The number of likely N-dealkylation sites (N-methyl/N-ethyl adjacent to an activating group) is 1. The standard InChI is InChI=1S/C10H12ClNO2/c1-12-6-9(13)7-4-3-5-8(11)10(7)14-2/h3-5,12H,6H2,1-2H3. The Labute approximate surface area is 88.0 Å². The monoisotopic (exact) mass is 213 g/mol. The van der Waals surface area contributed by atoms with Gasteiger partial charge in [-0.25, -0.2) is 0 Å². The lowest BCUT2D eigenvalue weighted by molar-refractivity contribution is 0.0990. The third-order valence-corrected chi connectivity index (χ3v) is 2.11. The minimum absolute atomic E-state index is 0.0353. The van der Waals surface area contributed by atoms with E-state index in [0.717, 1.165) is 0 Å². The summed E-state index contributed by atoms with van der Waals surface area (Å²) in [5, 5.41) is 3.24. The van der Waals surface area contributed by atoms with Gasteiger partial charge in [0.25, 0.3) is 0 Å². The summed E-state index contributed by atoms with van der Waals surface area (Å²) >= 11 is 5.88. The molecule has 0 aliphatic carbocycles. The van der Waals surface area contributed by atoms with Crippen LogP contribution in [-0.4, -0.2) is 26.5 Å². The van der Waals surface area contributed by atoms with Crippen LogP contribution in [0, 0.1) is 0 Å². The van der Waals surface area contributed by atoms with Crippen molar-refractivity contribution in [3.63, 3.8) is 0 Å². The smallest absolute Gasteiger partial charge is 0.180 e. The van der Waals surface area contributed by atoms with E-state index in [9.17, 15) is 4.79 Å². The molecule has 0 fully saturated rings. The number of hydrogen-bond acceptors (Lipinski definition) is 3. The highest BCUT2D eigenvalue weighted by atomic mass is 35.5. The van der Waals surface area contributed by atoms with Crippen LogP contribution in [0.1, 0.15) is 10.4 Å². The zero-order valence-electron chi connectivity index (χ0n) is 8.13. The molecule has 0 aliphatic heterocycles. The number of para-hydroxylation sites is 1. The Bertz CT molecular complexity index is 339. The van der Waals surface area contributed by atoms with Crippen molar-refractivity contribution in [3.05, 3.63) is 28.8 Å². The number of carbonyl (C=O) groups excluding carboxylic acids is 1. The second kappa shape index (κ2) is 4.98. The van der Waals surface area contributed by atoms with Crippen LogP contribution < -0.4 is 10.1 Å². The molecular formula is C10H12ClNO2. The van der Waals surface area contributed by atoms with Crippen molar-refractivity contribution in [1.29, 1.82) is 0 Å². The van der Waals surface area contributed by atoms with Crippen molar-refractivity contribution in [2.45, 2.75) is 0 Å². The van der Waals surface area contributed by atoms with Gasteiger partial charge in [-0.15, -0.1) is 0 Å². The number of rotatable bonds is 4. The molecule has 0 bridgehead atoms. The Morgan fingerprint density at radius 2 is 2.29 bits per heavy atom. The van der Waals surface area contributed by atoms with Crippen molar-refractivity contribution >= 4 is 17.4 Å². The average Bonchev–Trinajstić information content (AvgIpc) is 2.17. The van der Waals surface area contributed by atoms with Crippen LogP contribution >= 0.6 is 11.6 Å². The Morgan fingerprint density at radius 3 is 2.86 bits per heavy atom.